The highest BCUT2D eigenvalue weighted by molar-refractivity contribution is 7.89. The summed E-state index contributed by atoms with van der Waals surface area (Å²) in [7, 11) is -0.688. The van der Waals surface area contributed by atoms with Gasteiger partial charge in [0.2, 0.25) is 10.0 Å². The molecule has 0 radical (unpaired) electrons. The van der Waals surface area contributed by atoms with Crippen LogP contribution in [0, 0.1) is 6.92 Å². The molecule has 0 heterocycles. The van der Waals surface area contributed by atoms with Gasteiger partial charge in [-0.25, -0.2) is 13.1 Å². The van der Waals surface area contributed by atoms with E-state index in [1.54, 1.807) is 81.0 Å². The molecule has 3 aromatic rings. The molecule has 0 saturated heterocycles. The van der Waals surface area contributed by atoms with Crippen LogP contribution in [0.4, 0.5) is 0 Å². The van der Waals surface area contributed by atoms with Gasteiger partial charge in [-0.2, -0.15) is 0 Å². The molecule has 6 nitrogen and oxygen atoms in total. The number of aryl methyl sites for hydroxylation is 1. The predicted octanol–water partition coefficient (Wildman–Crippen LogP) is 4.70. The molecule has 1 N–H and O–H groups in total. The predicted molar refractivity (Wildman–Crippen MR) is 129 cm³/mol. The van der Waals surface area contributed by atoms with Gasteiger partial charge in [0.05, 0.1) is 25.2 Å². The van der Waals surface area contributed by atoms with E-state index in [0.29, 0.717) is 11.3 Å². The molecule has 0 aliphatic heterocycles. The number of nitrogens with one attached hydrogen (secondary N) is 1. The molecule has 0 bridgehead atoms. The Labute approximate surface area is 194 Å². The lowest BCUT2D eigenvalue weighted by atomic mass is 10.0. The van der Waals surface area contributed by atoms with Crippen LogP contribution in [-0.2, 0) is 14.8 Å². The first-order chi connectivity index (χ1) is 15.8. The average molecular weight is 466 g/mol. The lowest BCUT2D eigenvalue weighted by molar-refractivity contribution is -0.114. The van der Waals surface area contributed by atoms with Gasteiger partial charge in [0, 0.05) is 6.42 Å². The Morgan fingerprint density at radius 3 is 1.97 bits per heavy atom. The van der Waals surface area contributed by atoms with Crippen molar-refractivity contribution in [3.05, 3.63) is 95.6 Å². The molecule has 0 aliphatic carbocycles. The maximum Gasteiger partial charge on any atom is 0.241 e. The minimum Gasteiger partial charge on any atom is -0.497 e. The van der Waals surface area contributed by atoms with Gasteiger partial charge in [-0.05, 0) is 60.5 Å². The number of benzene rings is 3. The summed E-state index contributed by atoms with van der Waals surface area (Å²) in [5.74, 6) is 1.16. The fraction of sp³-hybridized carbons (Fsp3) is 0.192. The first-order valence-corrected chi connectivity index (χ1v) is 11.9. The summed E-state index contributed by atoms with van der Waals surface area (Å²) in [6.45, 7) is 1.89. The van der Waals surface area contributed by atoms with E-state index in [2.05, 4.69) is 4.72 Å². The number of sulfonamides is 1. The van der Waals surface area contributed by atoms with Gasteiger partial charge in [-0.1, -0.05) is 48.0 Å². The summed E-state index contributed by atoms with van der Waals surface area (Å²) in [6, 6.07) is 20.1. The first-order valence-electron chi connectivity index (χ1n) is 10.4. The Kier molecular flexibility index (Phi) is 8.03. The lowest BCUT2D eigenvalue weighted by Crippen LogP contribution is -2.30. The number of hydrogen-bond acceptors (Lipinski definition) is 5. The second-order valence-corrected chi connectivity index (χ2v) is 9.25. The van der Waals surface area contributed by atoms with Crippen molar-refractivity contribution >= 4 is 21.9 Å². The van der Waals surface area contributed by atoms with Gasteiger partial charge < -0.3 is 9.47 Å². The van der Waals surface area contributed by atoms with E-state index in [9.17, 15) is 13.2 Å². The van der Waals surface area contributed by atoms with E-state index in [1.165, 1.54) is 6.08 Å². The van der Waals surface area contributed by atoms with E-state index in [-0.39, 0.29) is 17.1 Å². The number of rotatable bonds is 10. The Morgan fingerprint density at radius 1 is 0.879 bits per heavy atom. The van der Waals surface area contributed by atoms with Gasteiger partial charge >= 0.3 is 0 Å². The van der Waals surface area contributed by atoms with Crippen molar-refractivity contribution in [2.45, 2.75) is 24.3 Å². The zero-order chi connectivity index (χ0) is 23.8. The summed E-state index contributed by atoms with van der Waals surface area (Å²) >= 11 is 0. The number of allylic oxidation sites excluding steroid dienone is 1. The number of ketones is 1. The van der Waals surface area contributed by atoms with Gasteiger partial charge in [0.1, 0.15) is 11.5 Å². The van der Waals surface area contributed by atoms with Gasteiger partial charge in [-0.15, -0.1) is 0 Å². The zero-order valence-corrected chi connectivity index (χ0v) is 19.6. The molecule has 3 aromatic carbocycles. The van der Waals surface area contributed by atoms with Crippen LogP contribution in [0.15, 0.2) is 83.8 Å². The van der Waals surface area contributed by atoms with Crippen molar-refractivity contribution in [2.24, 2.45) is 0 Å². The topological polar surface area (TPSA) is 81.7 Å². The van der Waals surface area contributed by atoms with E-state index < -0.39 is 16.1 Å². The highest BCUT2D eigenvalue weighted by Gasteiger charge is 2.23. The standard InChI is InChI=1S/C26H27NO5S/c1-19-4-16-25(17-5-19)33(29,30)27-26(21-9-14-24(32-3)15-10-21)18-22(28)11-6-20-7-12-23(31-2)13-8-20/h4-17,26-27H,18H2,1-3H3/b11-6+. The summed E-state index contributed by atoms with van der Waals surface area (Å²) in [5, 5.41) is 0. The largest absolute Gasteiger partial charge is 0.497 e. The molecule has 0 fully saturated rings. The van der Waals surface area contributed by atoms with Crippen molar-refractivity contribution < 1.29 is 22.7 Å². The summed E-state index contributed by atoms with van der Waals surface area (Å²) < 4.78 is 39.0. The minimum atomic E-state index is -3.83. The Morgan fingerprint density at radius 2 is 1.42 bits per heavy atom. The molecule has 0 aromatic heterocycles. The zero-order valence-electron chi connectivity index (χ0n) is 18.8. The number of ether oxygens (including phenoxy) is 2. The Bertz CT molecular complexity index is 1200. The van der Waals surface area contributed by atoms with Crippen LogP contribution in [0.3, 0.4) is 0 Å². The van der Waals surface area contributed by atoms with Crippen molar-refractivity contribution in [1.29, 1.82) is 0 Å². The summed E-state index contributed by atoms with van der Waals surface area (Å²) in [6.07, 6.45) is 3.11. The Balaban J connectivity index is 1.82. The van der Waals surface area contributed by atoms with Crippen molar-refractivity contribution in [3.63, 3.8) is 0 Å². The lowest BCUT2D eigenvalue weighted by Gasteiger charge is -2.19. The van der Waals surface area contributed by atoms with E-state index in [1.807, 2.05) is 19.1 Å². The van der Waals surface area contributed by atoms with Crippen LogP contribution < -0.4 is 14.2 Å². The SMILES string of the molecule is COc1ccc(/C=C/C(=O)CC(NS(=O)(=O)c2ccc(C)cc2)c2ccc(OC)cc2)cc1. The fourth-order valence-electron chi connectivity index (χ4n) is 3.21. The second-order valence-electron chi connectivity index (χ2n) is 7.54. The monoisotopic (exact) mass is 465 g/mol. The van der Waals surface area contributed by atoms with Crippen LogP contribution in [0.5, 0.6) is 11.5 Å². The number of carbonyl (C=O) groups is 1. The van der Waals surface area contributed by atoms with Crippen LogP contribution in [-0.4, -0.2) is 28.4 Å². The van der Waals surface area contributed by atoms with Crippen molar-refractivity contribution in [3.8, 4) is 11.5 Å². The normalized spacial score (nSPS) is 12.5. The van der Waals surface area contributed by atoms with E-state index >= 15 is 0 Å². The van der Waals surface area contributed by atoms with Crippen LogP contribution in [0.1, 0.15) is 29.2 Å². The second kappa shape index (κ2) is 10.9. The Hall–Kier alpha value is -3.42. The van der Waals surface area contributed by atoms with Gasteiger partial charge in [-0.3, -0.25) is 4.79 Å². The average Bonchev–Trinajstić information content (AvgIpc) is 2.83. The van der Waals surface area contributed by atoms with Crippen LogP contribution >= 0.6 is 0 Å². The molecule has 0 amide bonds. The number of methoxy groups -OCH3 is 2. The van der Waals surface area contributed by atoms with Crippen molar-refractivity contribution in [1.82, 2.24) is 4.72 Å². The molecule has 0 saturated carbocycles. The molecule has 0 aliphatic rings. The molecule has 1 atom stereocenters. The van der Waals surface area contributed by atoms with E-state index in [4.69, 9.17) is 9.47 Å². The molecule has 172 valence electrons. The first kappa shape index (κ1) is 24.2. The molecule has 0 spiro atoms. The maximum atomic E-state index is 13.0. The van der Waals surface area contributed by atoms with Gasteiger partial charge in [0.15, 0.2) is 5.78 Å². The van der Waals surface area contributed by atoms with Crippen LogP contribution in [0.25, 0.3) is 6.08 Å². The third-order valence-electron chi connectivity index (χ3n) is 5.13. The number of carbonyl (C=O) groups excluding carboxylic acids is 1. The summed E-state index contributed by atoms with van der Waals surface area (Å²) in [5.41, 5.74) is 2.46. The number of hydrogen-bond donors (Lipinski definition) is 1. The quantitative estimate of drug-likeness (QED) is 0.439. The maximum absolute atomic E-state index is 13.0. The third-order valence-corrected chi connectivity index (χ3v) is 6.62. The highest BCUT2D eigenvalue weighted by atomic mass is 32.2. The van der Waals surface area contributed by atoms with E-state index in [0.717, 1.165) is 16.9 Å². The molecule has 3 rings (SSSR count). The molecular formula is C26H27NO5S. The highest BCUT2D eigenvalue weighted by Crippen LogP contribution is 2.24. The molecule has 7 heteroatoms. The molecule has 1 unspecified atom stereocenters. The van der Waals surface area contributed by atoms with Crippen LogP contribution in [0.2, 0.25) is 0 Å². The minimum absolute atomic E-state index is 0.0376. The smallest absolute Gasteiger partial charge is 0.241 e. The third kappa shape index (κ3) is 6.78. The molecule has 33 heavy (non-hydrogen) atoms. The van der Waals surface area contributed by atoms with Gasteiger partial charge in [0.25, 0.3) is 0 Å². The summed E-state index contributed by atoms with van der Waals surface area (Å²) in [4.78, 5) is 12.9. The van der Waals surface area contributed by atoms with Crippen molar-refractivity contribution in [2.75, 3.05) is 14.2 Å². The molecular weight excluding hydrogens is 438 g/mol. The fourth-order valence-corrected chi connectivity index (χ4v) is 4.43.